The number of carbonyl (C=O) groups excluding carboxylic acids is 1. The molecule has 1 aliphatic rings. The van der Waals surface area contributed by atoms with E-state index in [1.807, 2.05) is 43.3 Å². The average Bonchev–Trinajstić information content (AvgIpc) is 3.58. The van der Waals surface area contributed by atoms with Crippen LogP contribution in [0.15, 0.2) is 65.0 Å². The van der Waals surface area contributed by atoms with Crippen molar-refractivity contribution in [3.8, 4) is 5.75 Å². The highest BCUT2D eigenvalue weighted by atomic mass is 16.6. The average molecular weight is 409 g/mol. The zero-order chi connectivity index (χ0) is 21.5. The fraction of sp³-hybridized carbons (Fsp3) is 0.304. The van der Waals surface area contributed by atoms with E-state index >= 15 is 0 Å². The summed E-state index contributed by atoms with van der Waals surface area (Å²) in [6.45, 7) is 2.28. The van der Waals surface area contributed by atoms with Gasteiger partial charge in [0.25, 0.3) is 5.91 Å². The first-order valence-corrected chi connectivity index (χ1v) is 9.72. The van der Waals surface area contributed by atoms with Gasteiger partial charge in [-0.05, 0) is 42.2 Å². The van der Waals surface area contributed by atoms with Gasteiger partial charge >= 0.3 is 0 Å². The summed E-state index contributed by atoms with van der Waals surface area (Å²) in [5, 5.41) is 6.45. The quantitative estimate of drug-likeness (QED) is 0.491. The van der Waals surface area contributed by atoms with Crippen molar-refractivity contribution in [3.05, 3.63) is 76.5 Å². The number of allylic oxidation sites excluding steroid dienone is 2. The number of benzene rings is 2. The van der Waals surface area contributed by atoms with Crippen LogP contribution in [0.5, 0.6) is 5.75 Å². The van der Waals surface area contributed by atoms with Crippen LogP contribution in [-0.4, -0.2) is 32.9 Å². The molecular weight excluding hydrogens is 382 g/mol. The van der Waals surface area contributed by atoms with Gasteiger partial charge in [-0.2, -0.15) is 0 Å². The number of methoxy groups -OCH3 is 1. The van der Waals surface area contributed by atoms with E-state index in [1.54, 1.807) is 14.2 Å². The van der Waals surface area contributed by atoms with Crippen molar-refractivity contribution in [3.63, 3.8) is 0 Å². The standard InChI is InChI=1S/C23H27N3O4/c1-15(20-13-21(20)16-9-11-18(28-3)12-10-16)25-30-14-17-7-5-6-8-19(17)22(26-29-4)23(27)24-2/h5-12,21,25H,13-14H2,1-4H3,(H,24,27)/t21-/m0/s1. The monoisotopic (exact) mass is 409 g/mol. The first kappa shape index (κ1) is 21.4. The largest absolute Gasteiger partial charge is 0.497 e. The maximum atomic E-state index is 12.2. The first-order valence-electron chi connectivity index (χ1n) is 9.72. The summed E-state index contributed by atoms with van der Waals surface area (Å²) >= 11 is 0. The van der Waals surface area contributed by atoms with Gasteiger partial charge in [-0.3, -0.25) is 15.1 Å². The first-order chi connectivity index (χ1) is 14.6. The van der Waals surface area contributed by atoms with Crippen LogP contribution in [-0.2, 0) is 21.1 Å². The molecule has 30 heavy (non-hydrogen) atoms. The van der Waals surface area contributed by atoms with E-state index in [0.717, 1.165) is 23.4 Å². The van der Waals surface area contributed by atoms with E-state index in [2.05, 4.69) is 28.1 Å². The summed E-state index contributed by atoms with van der Waals surface area (Å²) in [5.74, 6) is 0.943. The van der Waals surface area contributed by atoms with Crippen molar-refractivity contribution < 1.29 is 19.2 Å². The number of rotatable bonds is 9. The molecule has 0 spiro atoms. The molecule has 7 nitrogen and oxygen atoms in total. The van der Waals surface area contributed by atoms with E-state index in [4.69, 9.17) is 14.4 Å². The molecule has 1 saturated carbocycles. The minimum Gasteiger partial charge on any atom is -0.497 e. The molecule has 3 rings (SSSR count). The van der Waals surface area contributed by atoms with Gasteiger partial charge in [0, 0.05) is 24.2 Å². The van der Waals surface area contributed by atoms with Gasteiger partial charge < -0.3 is 14.9 Å². The Morgan fingerprint density at radius 3 is 2.53 bits per heavy atom. The molecule has 1 amide bonds. The minimum absolute atomic E-state index is 0.205. The van der Waals surface area contributed by atoms with Crippen LogP contribution in [0.3, 0.4) is 0 Å². The highest BCUT2D eigenvalue weighted by molar-refractivity contribution is 6.45. The van der Waals surface area contributed by atoms with Gasteiger partial charge in [0.2, 0.25) is 0 Å². The number of likely N-dealkylation sites (N-methyl/N-ethyl adjacent to an activating group) is 1. The minimum atomic E-state index is -0.323. The number of nitrogens with zero attached hydrogens (tertiary/aromatic N) is 1. The van der Waals surface area contributed by atoms with Crippen molar-refractivity contribution in [1.82, 2.24) is 10.8 Å². The van der Waals surface area contributed by atoms with Crippen LogP contribution >= 0.6 is 0 Å². The number of oxime groups is 1. The molecular formula is C23H27N3O4. The maximum absolute atomic E-state index is 12.2. The van der Waals surface area contributed by atoms with E-state index in [0.29, 0.717) is 11.5 Å². The van der Waals surface area contributed by atoms with Crippen molar-refractivity contribution in [2.45, 2.75) is 25.9 Å². The number of nitrogens with one attached hydrogen (secondary N) is 2. The third-order valence-electron chi connectivity index (χ3n) is 5.03. The topological polar surface area (TPSA) is 81.2 Å². The fourth-order valence-corrected chi connectivity index (χ4v) is 3.32. The Morgan fingerprint density at radius 2 is 1.87 bits per heavy atom. The molecule has 1 atom stereocenters. The summed E-state index contributed by atoms with van der Waals surface area (Å²) < 4.78 is 5.22. The molecule has 2 aromatic carbocycles. The Kier molecular flexibility index (Phi) is 7.08. The van der Waals surface area contributed by atoms with Gasteiger partial charge in [0.05, 0.1) is 7.11 Å². The Balaban J connectivity index is 1.64. The highest BCUT2D eigenvalue weighted by Gasteiger charge is 2.33. The zero-order valence-corrected chi connectivity index (χ0v) is 17.7. The van der Waals surface area contributed by atoms with Gasteiger partial charge in [0.15, 0.2) is 5.71 Å². The van der Waals surface area contributed by atoms with E-state index in [1.165, 1.54) is 18.2 Å². The predicted octanol–water partition coefficient (Wildman–Crippen LogP) is 3.27. The van der Waals surface area contributed by atoms with E-state index in [-0.39, 0.29) is 18.2 Å². The predicted molar refractivity (Wildman–Crippen MR) is 115 cm³/mol. The zero-order valence-electron chi connectivity index (χ0n) is 17.7. The van der Waals surface area contributed by atoms with Crippen molar-refractivity contribution >= 4 is 11.6 Å². The van der Waals surface area contributed by atoms with Crippen LogP contribution in [0.25, 0.3) is 0 Å². The summed E-state index contributed by atoms with van der Waals surface area (Å²) in [5.41, 5.74) is 8.32. The van der Waals surface area contributed by atoms with Crippen molar-refractivity contribution in [2.75, 3.05) is 21.3 Å². The van der Waals surface area contributed by atoms with E-state index < -0.39 is 0 Å². The molecule has 0 heterocycles. The molecule has 0 unspecified atom stereocenters. The van der Waals surface area contributed by atoms with Crippen LogP contribution in [0.2, 0.25) is 0 Å². The molecule has 0 bridgehead atoms. The summed E-state index contributed by atoms with van der Waals surface area (Å²) in [7, 11) is 4.63. The SMILES string of the molecule is CNC(=O)C(=NOC)c1ccccc1CONC(C)=C1C[C@H]1c1ccc(OC)cc1. The summed E-state index contributed by atoms with van der Waals surface area (Å²) in [4.78, 5) is 22.7. The smallest absolute Gasteiger partial charge is 0.273 e. The molecule has 7 heteroatoms. The molecule has 0 saturated heterocycles. The van der Waals surface area contributed by atoms with Crippen LogP contribution in [0.4, 0.5) is 0 Å². The lowest BCUT2D eigenvalue weighted by Gasteiger charge is -2.12. The van der Waals surface area contributed by atoms with Crippen LogP contribution < -0.4 is 15.5 Å². The number of amides is 1. The lowest BCUT2D eigenvalue weighted by atomic mass is 10.0. The molecule has 0 radical (unpaired) electrons. The lowest BCUT2D eigenvalue weighted by Crippen LogP contribution is -2.29. The lowest BCUT2D eigenvalue weighted by molar-refractivity contribution is -0.114. The number of hydroxylamine groups is 1. The second-order valence-corrected chi connectivity index (χ2v) is 6.93. The van der Waals surface area contributed by atoms with Gasteiger partial charge in [0.1, 0.15) is 19.5 Å². The molecule has 2 aromatic rings. The third kappa shape index (κ3) is 4.99. The molecule has 2 N–H and O–H groups in total. The Bertz CT molecular complexity index is 951. The summed E-state index contributed by atoms with van der Waals surface area (Å²) in [6.07, 6.45) is 1.01. The Labute approximate surface area is 176 Å². The van der Waals surface area contributed by atoms with Gasteiger partial charge in [-0.25, -0.2) is 0 Å². The number of ether oxygens (including phenoxy) is 1. The Hall–Kier alpha value is -3.32. The van der Waals surface area contributed by atoms with Gasteiger partial charge in [-0.1, -0.05) is 41.6 Å². The third-order valence-corrected chi connectivity index (χ3v) is 5.03. The van der Waals surface area contributed by atoms with Crippen LogP contribution in [0.1, 0.15) is 36.0 Å². The molecule has 1 fully saturated rings. The maximum Gasteiger partial charge on any atom is 0.273 e. The Morgan fingerprint density at radius 1 is 1.13 bits per heavy atom. The second-order valence-electron chi connectivity index (χ2n) is 6.93. The molecule has 0 aliphatic heterocycles. The van der Waals surface area contributed by atoms with E-state index in [9.17, 15) is 4.79 Å². The number of hydrogen-bond acceptors (Lipinski definition) is 6. The number of hydrogen-bond donors (Lipinski definition) is 2. The second kappa shape index (κ2) is 9.93. The van der Waals surface area contributed by atoms with Gasteiger partial charge in [-0.15, -0.1) is 0 Å². The number of carbonyl (C=O) groups is 1. The molecule has 1 aliphatic carbocycles. The van der Waals surface area contributed by atoms with Crippen molar-refractivity contribution in [1.29, 1.82) is 0 Å². The fourth-order valence-electron chi connectivity index (χ4n) is 3.32. The van der Waals surface area contributed by atoms with Crippen molar-refractivity contribution in [2.24, 2.45) is 5.16 Å². The summed E-state index contributed by atoms with van der Waals surface area (Å²) in [6, 6.07) is 15.6. The van der Waals surface area contributed by atoms with Crippen LogP contribution in [0, 0.1) is 0 Å². The normalized spacial score (nSPS) is 17.2. The molecule has 158 valence electrons. The highest BCUT2D eigenvalue weighted by Crippen LogP contribution is 2.48. The molecule has 0 aromatic heterocycles.